The van der Waals surface area contributed by atoms with Gasteiger partial charge in [0.25, 0.3) is 5.91 Å². The summed E-state index contributed by atoms with van der Waals surface area (Å²) in [6, 6.07) is 16.0. The zero-order valence-electron chi connectivity index (χ0n) is 18.2. The molecule has 2 aromatic carbocycles. The van der Waals surface area contributed by atoms with E-state index in [0.29, 0.717) is 17.6 Å². The average Bonchev–Trinajstić information content (AvgIpc) is 2.65. The molecule has 0 aromatic heterocycles. The molecule has 2 aromatic rings. The van der Waals surface area contributed by atoms with E-state index in [1.54, 1.807) is 18.2 Å². The second-order valence-corrected chi connectivity index (χ2v) is 9.75. The number of amides is 1. The van der Waals surface area contributed by atoms with E-state index in [-0.39, 0.29) is 11.1 Å². The van der Waals surface area contributed by atoms with Gasteiger partial charge >= 0.3 is 0 Å². The van der Waals surface area contributed by atoms with E-state index in [2.05, 4.69) is 72.9 Å². The van der Waals surface area contributed by atoms with Crippen molar-refractivity contribution in [3.05, 3.63) is 63.6 Å². The lowest BCUT2D eigenvalue weighted by Gasteiger charge is -2.50. The zero-order valence-corrected chi connectivity index (χ0v) is 19.7. The van der Waals surface area contributed by atoms with Crippen molar-refractivity contribution in [2.45, 2.75) is 58.5 Å². The number of nitrogens with one attached hydrogen (secondary N) is 1. The molecule has 0 aliphatic carbocycles. The lowest BCUT2D eigenvalue weighted by Crippen LogP contribution is -2.51. The minimum atomic E-state index is -0.411. The first-order valence-electron chi connectivity index (χ1n) is 10.2. The summed E-state index contributed by atoms with van der Waals surface area (Å²) in [5, 5.41) is 12.4. The number of fused-ring (bicyclic) bond motifs is 1. The maximum atomic E-state index is 12.6. The van der Waals surface area contributed by atoms with Crippen LogP contribution in [0.15, 0.2) is 52.5 Å². The van der Waals surface area contributed by atoms with Gasteiger partial charge in [0.05, 0.1) is 0 Å². The summed E-state index contributed by atoms with van der Waals surface area (Å²) in [5.41, 5.74) is 4.18. The molecule has 5 heteroatoms. The van der Waals surface area contributed by atoms with Crippen molar-refractivity contribution < 1.29 is 4.79 Å². The number of carbonyl (C=O) groups excluding carboxylic acids is 1. The number of hydrogen-bond acceptors (Lipinski definition) is 3. The Morgan fingerprint density at radius 2 is 2.03 bits per heavy atom. The smallest absolute Gasteiger partial charge is 0.266 e. The van der Waals surface area contributed by atoms with Crippen molar-refractivity contribution in [3.63, 3.8) is 0 Å². The van der Waals surface area contributed by atoms with Gasteiger partial charge in [-0.15, -0.1) is 0 Å². The first-order chi connectivity index (χ1) is 14.1. The summed E-state index contributed by atoms with van der Waals surface area (Å²) in [4.78, 5) is 15.1. The molecule has 1 atom stereocenters. The summed E-state index contributed by atoms with van der Waals surface area (Å²) in [7, 11) is 0. The average molecular weight is 466 g/mol. The summed E-state index contributed by atoms with van der Waals surface area (Å²) >= 11 is 3.39. The summed E-state index contributed by atoms with van der Waals surface area (Å²) in [6.07, 6.45) is 2.72. The Hall–Kier alpha value is -2.58. The van der Waals surface area contributed by atoms with Crippen LogP contribution in [-0.2, 0) is 4.79 Å². The molecule has 1 aliphatic rings. The van der Waals surface area contributed by atoms with Crippen LogP contribution in [0, 0.1) is 11.3 Å². The van der Waals surface area contributed by atoms with Gasteiger partial charge in [0.1, 0.15) is 11.6 Å². The van der Waals surface area contributed by atoms with Crippen molar-refractivity contribution in [1.29, 1.82) is 5.26 Å². The number of halogens is 1. The van der Waals surface area contributed by atoms with Crippen LogP contribution in [-0.4, -0.2) is 17.5 Å². The van der Waals surface area contributed by atoms with E-state index in [0.717, 1.165) is 16.5 Å². The van der Waals surface area contributed by atoms with Crippen LogP contribution in [0.1, 0.15) is 58.1 Å². The Balaban J connectivity index is 1.92. The van der Waals surface area contributed by atoms with Gasteiger partial charge in [0, 0.05) is 27.4 Å². The summed E-state index contributed by atoms with van der Waals surface area (Å²) in [5.74, 6) is -0.00862. The minimum absolute atomic E-state index is 0.0828. The van der Waals surface area contributed by atoms with Gasteiger partial charge in [0.2, 0.25) is 0 Å². The third-order valence-corrected chi connectivity index (χ3v) is 6.07. The molecule has 3 rings (SSSR count). The largest absolute Gasteiger partial charge is 0.364 e. The van der Waals surface area contributed by atoms with Gasteiger partial charge in [-0.05, 0) is 87.6 Å². The fourth-order valence-electron chi connectivity index (χ4n) is 4.62. The summed E-state index contributed by atoms with van der Waals surface area (Å²) < 4.78 is 0.865. The topological polar surface area (TPSA) is 56.1 Å². The van der Waals surface area contributed by atoms with E-state index in [1.807, 2.05) is 24.3 Å². The predicted molar refractivity (Wildman–Crippen MR) is 128 cm³/mol. The fourth-order valence-corrected chi connectivity index (χ4v) is 5.02. The Bertz CT molecular complexity index is 1030. The van der Waals surface area contributed by atoms with Crippen molar-refractivity contribution in [2.24, 2.45) is 0 Å². The number of hydrogen-bond donors (Lipinski definition) is 1. The molecule has 1 heterocycles. The zero-order chi connectivity index (χ0) is 22.1. The molecule has 1 N–H and O–H groups in total. The number of nitrogens with zero attached hydrogens (tertiary/aromatic N) is 2. The molecule has 0 saturated carbocycles. The number of carbonyl (C=O) groups is 1. The molecule has 4 nitrogen and oxygen atoms in total. The van der Waals surface area contributed by atoms with E-state index in [9.17, 15) is 10.1 Å². The minimum Gasteiger partial charge on any atom is -0.364 e. The van der Waals surface area contributed by atoms with E-state index in [1.165, 1.54) is 11.3 Å². The van der Waals surface area contributed by atoms with Crippen LogP contribution >= 0.6 is 15.9 Å². The Morgan fingerprint density at radius 3 is 2.67 bits per heavy atom. The van der Waals surface area contributed by atoms with Crippen LogP contribution in [0.5, 0.6) is 0 Å². The lowest BCUT2D eigenvalue weighted by atomic mass is 9.79. The van der Waals surface area contributed by atoms with Crippen molar-refractivity contribution in [3.8, 4) is 6.07 Å². The van der Waals surface area contributed by atoms with Gasteiger partial charge in [-0.25, -0.2) is 0 Å². The predicted octanol–water partition coefficient (Wildman–Crippen LogP) is 6.50. The highest BCUT2D eigenvalue weighted by atomic mass is 79.9. The highest BCUT2D eigenvalue weighted by Crippen LogP contribution is 2.44. The molecule has 0 bridgehead atoms. The van der Waals surface area contributed by atoms with Crippen LogP contribution in [0.3, 0.4) is 0 Å². The van der Waals surface area contributed by atoms with Gasteiger partial charge in [0.15, 0.2) is 0 Å². The third kappa shape index (κ3) is 4.60. The maximum Gasteiger partial charge on any atom is 0.266 e. The lowest BCUT2D eigenvalue weighted by molar-refractivity contribution is -0.112. The normalized spacial score (nSPS) is 18.0. The molecular weight excluding hydrogens is 438 g/mol. The van der Waals surface area contributed by atoms with Gasteiger partial charge in [-0.1, -0.05) is 35.0 Å². The molecule has 156 valence electrons. The SMILES string of the molecule is CC(C)N1c2ccc(/C=C(/C#N)C(=O)Nc3cccc(Br)c3)cc2[C@H](C)CC1(C)C. The molecular formula is C25H28BrN3O. The second kappa shape index (κ2) is 8.65. The van der Waals surface area contributed by atoms with E-state index >= 15 is 0 Å². The fraction of sp³-hybridized carbons (Fsp3) is 0.360. The van der Waals surface area contributed by atoms with Gasteiger partial charge in [-0.2, -0.15) is 5.26 Å². The third-order valence-electron chi connectivity index (χ3n) is 5.57. The molecule has 0 saturated heterocycles. The number of anilines is 2. The molecule has 0 unspecified atom stereocenters. The van der Waals surface area contributed by atoms with Crippen LogP contribution in [0.2, 0.25) is 0 Å². The molecule has 30 heavy (non-hydrogen) atoms. The van der Waals surface area contributed by atoms with Crippen LogP contribution in [0.25, 0.3) is 6.08 Å². The Morgan fingerprint density at radius 1 is 1.30 bits per heavy atom. The second-order valence-electron chi connectivity index (χ2n) is 8.83. The standard InChI is InChI=1S/C25H28BrN3O/c1-16(2)29-23-10-9-18(12-22(23)17(3)14-25(29,4)5)11-19(15-27)24(30)28-21-8-6-7-20(26)13-21/h6-13,16-17H,14H2,1-5H3,(H,28,30)/b19-11-/t17-/m1/s1. The number of nitriles is 1. The monoisotopic (exact) mass is 465 g/mol. The van der Waals surface area contributed by atoms with Crippen molar-refractivity contribution in [2.75, 3.05) is 10.2 Å². The molecule has 0 fully saturated rings. The van der Waals surface area contributed by atoms with E-state index < -0.39 is 5.91 Å². The number of benzene rings is 2. The van der Waals surface area contributed by atoms with Gasteiger partial charge in [-0.3, -0.25) is 4.79 Å². The van der Waals surface area contributed by atoms with E-state index in [4.69, 9.17) is 0 Å². The Kier molecular flexibility index (Phi) is 6.38. The maximum absolute atomic E-state index is 12.6. The first kappa shape index (κ1) is 22.1. The molecule has 1 amide bonds. The van der Waals surface area contributed by atoms with Crippen LogP contribution in [0.4, 0.5) is 11.4 Å². The number of rotatable bonds is 4. The molecule has 0 radical (unpaired) electrons. The Labute approximate surface area is 187 Å². The first-order valence-corrected chi connectivity index (χ1v) is 11.0. The quantitative estimate of drug-likeness (QED) is 0.414. The van der Waals surface area contributed by atoms with Crippen LogP contribution < -0.4 is 10.2 Å². The highest BCUT2D eigenvalue weighted by Gasteiger charge is 2.37. The summed E-state index contributed by atoms with van der Waals surface area (Å²) in [6.45, 7) is 11.3. The highest BCUT2D eigenvalue weighted by molar-refractivity contribution is 9.10. The molecule has 0 spiro atoms. The van der Waals surface area contributed by atoms with Crippen molar-refractivity contribution >= 4 is 39.3 Å². The van der Waals surface area contributed by atoms with Gasteiger partial charge < -0.3 is 10.2 Å². The molecule has 1 aliphatic heterocycles. The van der Waals surface area contributed by atoms with Crippen molar-refractivity contribution in [1.82, 2.24) is 0 Å².